The number of benzene rings is 1. The van der Waals surface area contributed by atoms with E-state index in [1.165, 1.54) is 25.7 Å². The predicted molar refractivity (Wildman–Crippen MR) is 146 cm³/mol. The molecule has 202 valence electrons. The normalized spacial score (nSPS) is 32.1. The van der Waals surface area contributed by atoms with E-state index in [0.717, 1.165) is 68.5 Å². The average Bonchev–Trinajstić information content (AvgIpc) is 3.17. The Morgan fingerprint density at radius 1 is 0.778 bits per heavy atom. The molecule has 1 aliphatic heterocycles. The van der Waals surface area contributed by atoms with Gasteiger partial charge in [-0.25, -0.2) is 12.7 Å². The third kappa shape index (κ3) is 5.41. The lowest BCUT2D eigenvalue weighted by Gasteiger charge is -2.39. The van der Waals surface area contributed by atoms with Crippen LogP contribution in [0.5, 0.6) is 0 Å². The third-order valence-electron chi connectivity index (χ3n) is 9.52. The van der Waals surface area contributed by atoms with E-state index >= 15 is 0 Å². The van der Waals surface area contributed by atoms with Crippen LogP contribution < -0.4 is 4.31 Å². The number of amides is 1. The second kappa shape index (κ2) is 12.0. The molecule has 1 aromatic rings. The Bertz CT molecular complexity index is 982. The number of hydrogen-bond donors (Lipinski definition) is 1. The van der Waals surface area contributed by atoms with E-state index in [2.05, 4.69) is 13.8 Å². The lowest BCUT2D eigenvalue weighted by molar-refractivity contribution is -0.145. The summed E-state index contributed by atoms with van der Waals surface area (Å²) in [6.07, 6.45) is 16.0. The van der Waals surface area contributed by atoms with Crippen molar-refractivity contribution < 1.29 is 18.3 Å². The zero-order valence-electron chi connectivity index (χ0n) is 22.5. The van der Waals surface area contributed by atoms with Crippen molar-refractivity contribution in [2.24, 2.45) is 17.8 Å². The second-order valence-electron chi connectivity index (χ2n) is 11.9. The van der Waals surface area contributed by atoms with Crippen LogP contribution in [0.4, 0.5) is 5.69 Å². The van der Waals surface area contributed by atoms with Crippen molar-refractivity contribution in [3.8, 4) is 0 Å². The van der Waals surface area contributed by atoms with Crippen molar-refractivity contribution >= 4 is 21.6 Å². The number of carbonyl (C=O) groups excluding carboxylic acids is 1. The first-order chi connectivity index (χ1) is 17.3. The number of hydrogen-bond acceptors (Lipinski definition) is 4. The molecule has 0 aromatic heterocycles. The summed E-state index contributed by atoms with van der Waals surface area (Å²) in [5, 5.41) is 11.8. The average molecular weight is 518 g/mol. The molecule has 3 aliphatic rings. The molecule has 0 saturated heterocycles. The Morgan fingerprint density at radius 2 is 1.28 bits per heavy atom. The van der Waals surface area contributed by atoms with Crippen LogP contribution in [0.25, 0.3) is 0 Å². The number of nitrogens with zero attached hydrogens (tertiary/aromatic N) is 1. The molecule has 2 fully saturated rings. The largest absolute Gasteiger partial charge is 0.375 e. The van der Waals surface area contributed by atoms with Gasteiger partial charge in [0.2, 0.25) is 10.0 Å². The molecular formula is C30H47NO4S. The van der Waals surface area contributed by atoms with Gasteiger partial charge in [0.05, 0.1) is 10.9 Å². The van der Waals surface area contributed by atoms with Gasteiger partial charge in [-0.3, -0.25) is 4.79 Å². The molecule has 1 aromatic carbocycles. The number of rotatable bonds is 3. The molecule has 2 aliphatic carbocycles. The number of fused-ring (bicyclic) bond motifs is 1. The molecular weight excluding hydrogens is 470 g/mol. The number of aliphatic hydroxyl groups is 1. The Balaban J connectivity index is 1.73. The molecule has 2 saturated carbocycles. The Morgan fingerprint density at radius 3 is 1.89 bits per heavy atom. The zero-order chi connectivity index (χ0) is 25.8. The van der Waals surface area contributed by atoms with E-state index in [9.17, 15) is 18.3 Å². The fourth-order valence-electron chi connectivity index (χ4n) is 7.06. The summed E-state index contributed by atoms with van der Waals surface area (Å²) >= 11 is 0. The minimum atomic E-state index is -3.93. The van der Waals surface area contributed by atoms with Crippen molar-refractivity contribution in [1.29, 1.82) is 0 Å². The standard InChI is InChI=1S/C30H47NO4S/c1-23-17-11-7-3-6-10-14-20-26(24(23)2)30(33)27-21-15-16-22-28(27)31(29(30)32)36(34,35)25-18-12-8-4-5-9-13-19-25/h15-16,21-26,33H,3-14,17-20H2,1-2H3. The van der Waals surface area contributed by atoms with Gasteiger partial charge in [-0.15, -0.1) is 0 Å². The van der Waals surface area contributed by atoms with Crippen LogP contribution in [0.2, 0.25) is 0 Å². The molecule has 1 N–H and O–H groups in total. The Hall–Kier alpha value is -1.40. The first-order valence-corrected chi connectivity index (χ1v) is 16.2. The number of carbonyl (C=O) groups is 1. The van der Waals surface area contributed by atoms with Gasteiger partial charge in [-0.05, 0) is 37.2 Å². The molecule has 5 nitrogen and oxygen atoms in total. The first kappa shape index (κ1) is 27.6. The van der Waals surface area contributed by atoms with E-state index in [-0.39, 0.29) is 11.8 Å². The Labute approximate surface area is 219 Å². The summed E-state index contributed by atoms with van der Waals surface area (Å²) in [5.74, 6) is -0.475. The highest BCUT2D eigenvalue weighted by Gasteiger charge is 2.59. The van der Waals surface area contributed by atoms with Crippen molar-refractivity contribution in [3.05, 3.63) is 29.8 Å². The van der Waals surface area contributed by atoms with Crippen molar-refractivity contribution in [1.82, 2.24) is 0 Å². The van der Waals surface area contributed by atoms with Crippen LogP contribution in [0.1, 0.15) is 122 Å². The summed E-state index contributed by atoms with van der Waals surface area (Å²) < 4.78 is 29.3. The van der Waals surface area contributed by atoms with Crippen molar-refractivity contribution in [3.63, 3.8) is 0 Å². The number of sulfonamides is 1. The second-order valence-corrected chi connectivity index (χ2v) is 13.9. The molecule has 1 heterocycles. The van der Waals surface area contributed by atoms with Crippen molar-refractivity contribution in [2.75, 3.05) is 4.31 Å². The van der Waals surface area contributed by atoms with E-state index < -0.39 is 26.8 Å². The van der Waals surface area contributed by atoms with Gasteiger partial charge in [0.15, 0.2) is 5.60 Å². The molecule has 0 spiro atoms. The van der Waals surface area contributed by atoms with Gasteiger partial charge in [0.1, 0.15) is 0 Å². The first-order valence-electron chi connectivity index (χ1n) is 14.7. The van der Waals surface area contributed by atoms with E-state index in [0.29, 0.717) is 30.0 Å². The van der Waals surface area contributed by atoms with Crippen LogP contribution in [0.3, 0.4) is 0 Å². The van der Waals surface area contributed by atoms with Crippen LogP contribution in [0, 0.1) is 17.8 Å². The SMILES string of the molecule is CC1CCCCCCCCC(C2(O)C(=O)N(S(=O)(=O)C3CCCCCCCC3)c3ccccc32)C1C. The van der Waals surface area contributed by atoms with Crippen LogP contribution in [-0.4, -0.2) is 24.7 Å². The molecule has 6 heteroatoms. The third-order valence-corrected chi connectivity index (χ3v) is 11.7. The predicted octanol–water partition coefficient (Wildman–Crippen LogP) is 7.08. The number of anilines is 1. The van der Waals surface area contributed by atoms with Crippen LogP contribution >= 0.6 is 0 Å². The lowest BCUT2D eigenvalue weighted by atomic mass is 9.68. The Kier molecular flexibility index (Phi) is 9.19. The summed E-state index contributed by atoms with van der Waals surface area (Å²) in [5.41, 5.74) is -0.941. The van der Waals surface area contributed by atoms with Crippen LogP contribution in [-0.2, 0) is 20.4 Å². The van der Waals surface area contributed by atoms with Gasteiger partial charge < -0.3 is 5.11 Å². The molecule has 0 radical (unpaired) electrons. The summed E-state index contributed by atoms with van der Waals surface area (Å²) in [7, 11) is -3.93. The lowest BCUT2D eigenvalue weighted by Crippen LogP contribution is -2.51. The maximum Gasteiger partial charge on any atom is 0.277 e. The van der Waals surface area contributed by atoms with Gasteiger partial charge >= 0.3 is 0 Å². The minimum Gasteiger partial charge on any atom is -0.375 e. The molecule has 36 heavy (non-hydrogen) atoms. The van der Waals surface area contributed by atoms with E-state index in [4.69, 9.17) is 0 Å². The van der Waals surface area contributed by atoms with Gasteiger partial charge in [-0.1, -0.05) is 116 Å². The molecule has 4 unspecified atom stereocenters. The molecule has 4 rings (SSSR count). The fourth-order valence-corrected chi connectivity index (χ4v) is 9.09. The molecule has 1 amide bonds. The molecule has 4 atom stereocenters. The summed E-state index contributed by atoms with van der Waals surface area (Å²) in [4.78, 5) is 14.3. The summed E-state index contributed by atoms with van der Waals surface area (Å²) in [6, 6.07) is 7.12. The van der Waals surface area contributed by atoms with E-state index in [1.54, 1.807) is 18.2 Å². The maximum absolute atomic E-state index is 14.3. The summed E-state index contributed by atoms with van der Waals surface area (Å²) in [6.45, 7) is 4.40. The monoisotopic (exact) mass is 517 g/mol. The highest BCUT2D eigenvalue weighted by Crippen LogP contribution is 2.51. The van der Waals surface area contributed by atoms with E-state index in [1.807, 2.05) is 6.07 Å². The minimum absolute atomic E-state index is 0.109. The zero-order valence-corrected chi connectivity index (χ0v) is 23.3. The number of para-hydroxylation sites is 1. The fraction of sp³-hybridized carbons (Fsp3) is 0.767. The topological polar surface area (TPSA) is 74.7 Å². The van der Waals surface area contributed by atoms with Crippen molar-refractivity contribution in [2.45, 2.75) is 127 Å². The highest BCUT2D eigenvalue weighted by atomic mass is 32.2. The molecule has 0 bridgehead atoms. The maximum atomic E-state index is 14.3. The van der Waals surface area contributed by atoms with Gasteiger partial charge in [0.25, 0.3) is 5.91 Å². The quantitative estimate of drug-likeness (QED) is 0.465. The van der Waals surface area contributed by atoms with Crippen LogP contribution in [0.15, 0.2) is 24.3 Å². The smallest absolute Gasteiger partial charge is 0.277 e. The highest BCUT2D eigenvalue weighted by molar-refractivity contribution is 7.94. The van der Waals surface area contributed by atoms with Gasteiger partial charge in [0, 0.05) is 11.5 Å². The van der Waals surface area contributed by atoms with Gasteiger partial charge in [-0.2, -0.15) is 0 Å².